The number of imidazole rings is 1. The minimum absolute atomic E-state index is 0.0754. The monoisotopic (exact) mass is 355 g/mol. The number of carbonyl (C=O) groups is 1. The van der Waals surface area contributed by atoms with Gasteiger partial charge in [-0.25, -0.2) is 4.98 Å². The smallest absolute Gasteiger partial charge is 0.251 e. The number of benzene rings is 3. The standard InChI is InChI=1S/C23H21N3O/c1-26-21-14-8-7-13-20(21)25-22(26)16-24-23(27)19-12-6-5-11-18(19)15-17-9-3-2-4-10-17/h2-14H,15-16H2,1H3,(H,24,27). The summed E-state index contributed by atoms with van der Waals surface area (Å²) in [6.45, 7) is 0.393. The van der Waals surface area contributed by atoms with Crippen molar-refractivity contribution < 1.29 is 4.79 Å². The summed E-state index contributed by atoms with van der Waals surface area (Å²) in [6.07, 6.45) is 0.733. The Morgan fingerprint density at radius 2 is 1.63 bits per heavy atom. The third-order valence-corrected chi connectivity index (χ3v) is 4.79. The van der Waals surface area contributed by atoms with Gasteiger partial charge in [0.15, 0.2) is 0 Å². The summed E-state index contributed by atoms with van der Waals surface area (Å²) in [5.41, 5.74) is 4.92. The molecule has 0 spiro atoms. The number of aromatic nitrogens is 2. The molecule has 0 atom stereocenters. The molecule has 1 heterocycles. The van der Waals surface area contributed by atoms with E-state index in [0.717, 1.165) is 28.8 Å². The second-order valence-electron chi connectivity index (χ2n) is 6.58. The van der Waals surface area contributed by atoms with Crippen molar-refractivity contribution in [3.8, 4) is 0 Å². The molecule has 0 saturated heterocycles. The van der Waals surface area contributed by atoms with Crippen molar-refractivity contribution >= 4 is 16.9 Å². The number of hydrogen-bond donors (Lipinski definition) is 1. The highest BCUT2D eigenvalue weighted by atomic mass is 16.1. The molecule has 0 aliphatic rings. The minimum Gasteiger partial charge on any atom is -0.345 e. The van der Waals surface area contributed by atoms with Crippen molar-refractivity contribution in [3.05, 3.63) is 101 Å². The number of para-hydroxylation sites is 2. The van der Waals surface area contributed by atoms with E-state index in [2.05, 4.69) is 22.4 Å². The van der Waals surface area contributed by atoms with Crippen LogP contribution in [0.2, 0.25) is 0 Å². The Balaban J connectivity index is 1.52. The van der Waals surface area contributed by atoms with Gasteiger partial charge < -0.3 is 9.88 Å². The normalized spacial score (nSPS) is 10.9. The second-order valence-corrected chi connectivity index (χ2v) is 6.58. The van der Waals surface area contributed by atoms with Crippen molar-refractivity contribution in [2.24, 2.45) is 7.05 Å². The molecule has 134 valence electrons. The Morgan fingerprint density at radius 1 is 0.926 bits per heavy atom. The summed E-state index contributed by atoms with van der Waals surface area (Å²) >= 11 is 0. The molecular weight excluding hydrogens is 334 g/mol. The van der Waals surface area contributed by atoms with Gasteiger partial charge in [0.1, 0.15) is 5.82 Å². The SMILES string of the molecule is Cn1c(CNC(=O)c2ccccc2Cc2ccccc2)nc2ccccc21. The predicted molar refractivity (Wildman–Crippen MR) is 108 cm³/mol. The summed E-state index contributed by atoms with van der Waals surface area (Å²) < 4.78 is 2.02. The highest BCUT2D eigenvalue weighted by molar-refractivity contribution is 5.95. The number of carbonyl (C=O) groups excluding carboxylic acids is 1. The molecule has 0 aliphatic carbocycles. The molecule has 0 fully saturated rings. The Labute approximate surface area is 158 Å². The summed E-state index contributed by atoms with van der Waals surface area (Å²) in [6, 6.07) is 25.9. The number of fused-ring (bicyclic) bond motifs is 1. The van der Waals surface area contributed by atoms with Crippen LogP contribution in [0.3, 0.4) is 0 Å². The molecule has 4 aromatic rings. The number of aryl methyl sites for hydroxylation is 1. The van der Waals surface area contributed by atoms with Gasteiger partial charge in [-0.2, -0.15) is 0 Å². The van der Waals surface area contributed by atoms with Crippen molar-refractivity contribution in [2.45, 2.75) is 13.0 Å². The molecule has 0 saturated carbocycles. The van der Waals surface area contributed by atoms with Gasteiger partial charge in [-0.15, -0.1) is 0 Å². The fourth-order valence-electron chi connectivity index (χ4n) is 3.32. The van der Waals surface area contributed by atoms with Crippen LogP contribution in [0.5, 0.6) is 0 Å². The first-order chi connectivity index (χ1) is 13.2. The first-order valence-electron chi connectivity index (χ1n) is 9.03. The Kier molecular flexibility index (Phi) is 4.71. The Hall–Kier alpha value is -3.40. The van der Waals surface area contributed by atoms with Crippen molar-refractivity contribution in [1.29, 1.82) is 0 Å². The van der Waals surface area contributed by atoms with Crippen LogP contribution < -0.4 is 5.32 Å². The van der Waals surface area contributed by atoms with E-state index in [9.17, 15) is 4.79 Å². The van der Waals surface area contributed by atoms with Crippen LogP contribution in [-0.4, -0.2) is 15.5 Å². The number of amides is 1. The van der Waals surface area contributed by atoms with E-state index < -0.39 is 0 Å². The van der Waals surface area contributed by atoms with Gasteiger partial charge in [0.05, 0.1) is 17.6 Å². The zero-order chi connectivity index (χ0) is 18.6. The molecule has 4 heteroatoms. The molecule has 0 radical (unpaired) electrons. The molecule has 0 bridgehead atoms. The van der Waals surface area contributed by atoms with Crippen LogP contribution in [0.25, 0.3) is 11.0 Å². The number of nitrogens with zero attached hydrogens (tertiary/aromatic N) is 2. The third kappa shape index (κ3) is 3.60. The molecule has 1 amide bonds. The van der Waals surface area contributed by atoms with Crippen LogP contribution in [0.15, 0.2) is 78.9 Å². The topological polar surface area (TPSA) is 46.9 Å². The lowest BCUT2D eigenvalue weighted by molar-refractivity contribution is 0.0949. The molecule has 0 unspecified atom stereocenters. The lowest BCUT2D eigenvalue weighted by Crippen LogP contribution is -2.25. The van der Waals surface area contributed by atoms with Gasteiger partial charge >= 0.3 is 0 Å². The van der Waals surface area contributed by atoms with Gasteiger partial charge in [0.2, 0.25) is 0 Å². The van der Waals surface area contributed by atoms with Crippen LogP contribution in [0, 0.1) is 0 Å². The molecule has 0 aliphatic heterocycles. The fourth-order valence-corrected chi connectivity index (χ4v) is 3.32. The summed E-state index contributed by atoms with van der Waals surface area (Å²) in [7, 11) is 1.97. The maximum Gasteiger partial charge on any atom is 0.251 e. The maximum absolute atomic E-state index is 12.8. The largest absolute Gasteiger partial charge is 0.345 e. The average Bonchev–Trinajstić information content (AvgIpc) is 3.03. The van der Waals surface area contributed by atoms with Crippen molar-refractivity contribution in [2.75, 3.05) is 0 Å². The van der Waals surface area contributed by atoms with E-state index in [1.165, 1.54) is 5.56 Å². The van der Waals surface area contributed by atoms with Gasteiger partial charge in [-0.3, -0.25) is 4.79 Å². The molecule has 1 N–H and O–H groups in total. The van der Waals surface area contributed by atoms with Crippen LogP contribution in [0.1, 0.15) is 27.3 Å². The van der Waals surface area contributed by atoms with Crippen molar-refractivity contribution in [3.63, 3.8) is 0 Å². The zero-order valence-electron chi connectivity index (χ0n) is 15.2. The average molecular weight is 355 g/mol. The van der Waals surface area contributed by atoms with Crippen LogP contribution >= 0.6 is 0 Å². The zero-order valence-corrected chi connectivity index (χ0v) is 15.2. The molecule has 1 aromatic heterocycles. The number of hydrogen-bond acceptors (Lipinski definition) is 2. The first-order valence-corrected chi connectivity index (χ1v) is 9.03. The molecule has 4 rings (SSSR count). The van der Waals surface area contributed by atoms with E-state index in [1.807, 2.05) is 78.3 Å². The highest BCUT2D eigenvalue weighted by Crippen LogP contribution is 2.16. The summed E-state index contributed by atoms with van der Waals surface area (Å²) in [4.78, 5) is 17.4. The first kappa shape index (κ1) is 17.0. The van der Waals surface area contributed by atoms with E-state index in [0.29, 0.717) is 12.1 Å². The quantitative estimate of drug-likeness (QED) is 0.586. The van der Waals surface area contributed by atoms with Gasteiger partial charge in [-0.1, -0.05) is 60.7 Å². The summed E-state index contributed by atoms with van der Waals surface area (Å²) in [5.74, 6) is 0.763. The predicted octanol–water partition coefficient (Wildman–Crippen LogP) is 4.09. The molecule has 3 aromatic carbocycles. The van der Waals surface area contributed by atoms with E-state index in [4.69, 9.17) is 0 Å². The molecule has 4 nitrogen and oxygen atoms in total. The Morgan fingerprint density at radius 3 is 2.44 bits per heavy atom. The second kappa shape index (κ2) is 7.46. The van der Waals surface area contributed by atoms with E-state index in [1.54, 1.807) is 0 Å². The minimum atomic E-state index is -0.0754. The van der Waals surface area contributed by atoms with Gasteiger partial charge in [-0.05, 0) is 35.7 Å². The van der Waals surface area contributed by atoms with Crippen molar-refractivity contribution in [1.82, 2.24) is 14.9 Å². The lowest BCUT2D eigenvalue weighted by Gasteiger charge is -2.10. The number of rotatable bonds is 5. The highest BCUT2D eigenvalue weighted by Gasteiger charge is 2.13. The maximum atomic E-state index is 12.8. The van der Waals surface area contributed by atoms with Gasteiger partial charge in [0.25, 0.3) is 5.91 Å². The molecule has 27 heavy (non-hydrogen) atoms. The van der Waals surface area contributed by atoms with Gasteiger partial charge in [0, 0.05) is 12.6 Å². The lowest BCUT2D eigenvalue weighted by atomic mass is 9.99. The van der Waals surface area contributed by atoms with Crippen LogP contribution in [0.4, 0.5) is 0 Å². The molecular formula is C23H21N3O. The summed E-state index contributed by atoms with van der Waals surface area (Å²) in [5, 5.41) is 3.02. The fraction of sp³-hybridized carbons (Fsp3) is 0.130. The van der Waals surface area contributed by atoms with Crippen LogP contribution in [-0.2, 0) is 20.0 Å². The van der Waals surface area contributed by atoms with E-state index in [-0.39, 0.29) is 5.91 Å². The third-order valence-electron chi connectivity index (χ3n) is 4.79. The number of nitrogens with one attached hydrogen (secondary N) is 1. The van der Waals surface area contributed by atoms with E-state index >= 15 is 0 Å². The Bertz CT molecular complexity index is 1080.